The van der Waals surface area contributed by atoms with E-state index in [0.717, 1.165) is 16.9 Å². The number of nitrogens with zero attached hydrogens (tertiary/aromatic N) is 1. The minimum atomic E-state index is -0.116. The minimum Gasteiger partial charge on any atom is -0.497 e. The van der Waals surface area contributed by atoms with Gasteiger partial charge in [-0.3, -0.25) is 9.69 Å². The summed E-state index contributed by atoms with van der Waals surface area (Å²) in [6, 6.07) is 17.3. The molecule has 0 radical (unpaired) electrons. The van der Waals surface area contributed by atoms with Crippen LogP contribution in [0.5, 0.6) is 5.75 Å². The van der Waals surface area contributed by atoms with Gasteiger partial charge in [-0.15, -0.1) is 0 Å². The molecule has 0 spiro atoms. The van der Waals surface area contributed by atoms with Crippen LogP contribution in [0.2, 0.25) is 0 Å². The van der Waals surface area contributed by atoms with Crippen LogP contribution >= 0.6 is 12.2 Å². The SMILES string of the molecule is COc1ccc(/C=C2/NC(=S)N(Cc3ccccc3)C2=O)cc1. The number of thiocarbonyl (C=S) groups is 1. The van der Waals surface area contributed by atoms with Crippen molar-refractivity contribution in [3.05, 3.63) is 71.4 Å². The fraction of sp³-hybridized carbons (Fsp3) is 0.111. The molecule has 3 rings (SSSR count). The van der Waals surface area contributed by atoms with E-state index in [-0.39, 0.29) is 5.91 Å². The Bertz CT molecular complexity index is 754. The van der Waals surface area contributed by atoms with E-state index in [1.165, 1.54) is 0 Å². The lowest BCUT2D eigenvalue weighted by Gasteiger charge is -2.13. The molecule has 23 heavy (non-hydrogen) atoms. The third kappa shape index (κ3) is 3.40. The van der Waals surface area contributed by atoms with E-state index < -0.39 is 0 Å². The van der Waals surface area contributed by atoms with Crippen LogP contribution < -0.4 is 10.1 Å². The number of amides is 1. The Morgan fingerprint density at radius 3 is 2.48 bits per heavy atom. The second kappa shape index (κ2) is 6.62. The standard InChI is InChI=1S/C18H16N2O2S/c1-22-15-9-7-13(8-10-15)11-16-17(21)20(18(23)19-16)12-14-5-3-2-4-6-14/h2-11H,12H2,1H3,(H,19,23)/b16-11+. The number of carbonyl (C=O) groups is 1. The Labute approximate surface area is 140 Å². The molecule has 5 heteroatoms. The molecule has 1 N–H and O–H groups in total. The average Bonchev–Trinajstić information content (AvgIpc) is 2.84. The van der Waals surface area contributed by atoms with Crippen molar-refractivity contribution in [1.82, 2.24) is 10.2 Å². The molecule has 0 aromatic heterocycles. The van der Waals surface area contributed by atoms with Crippen LogP contribution in [0.1, 0.15) is 11.1 Å². The van der Waals surface area contributed by atoms with Crippen molar-refractivity contribution in [2.24, 2.45) is 0 Å². The molecule has 1 saturated heterocycles. The average molecular weight is 324 g/mol. The number of benzene rings is 2. The van der Waals surface area contributed by atoms with Gasteiger partial charge in [-0.05, 0) is 41.6 Å². The Morgan fingerprint density at radius 1 is 1.13 bits per heavy atom. The molecule has 0 unspecified atom stereocenters. The number of ether oxygens (including phenoxy) is 1. The largest absolute Gasteiger partial charge is 0.497 e. The fourth-order valence-electron chi connectivity index (χ4n) is 2.35. The molecule has 1 aliphatic heterocycles. The summed E-state index contributed by atoms with van der Waals surface area (Å²) in [4.78, 5) is 14.1. The van der Waals surface area contributed by atoms with Gasteiger partial charge in [0.1, 0.15) is 11.4 Å². The molecule has 4 nitrogen and oxygen atoms in total. The van der Waals surface area contributed by atoms with Gasteiger partial charge in [-0.2, -0.15) is 0 Å². The summed E-state index contributed by atoms with van der Waals surface area (Å²) >= 11 is 5.28. The molecular weight excluding hydrogens is 308 g/mol. The summed E-state index contributed by atoms with van der Waals surface area (Å²) < 4.78 is 5.13. The molecule has 0 atom stereocenters. The lowest BCUT2D eigenvalue weighted by Crippen LogP contribution is -2.29. The third-order valence-electron chi connectivity index (χ3n) is 3.57. The highest BCUT2D eigenvalue weighted by atomic mass is 32.1. The Kier molecular flexibility index (Phi) is 4.39. The molecule has 1 heterocycles. The van der Waals surface area contributed by atoms with E-state index in [2.05, 4.69) is 5.32 Å². The van der Waals surface area contributed by atoms with Crippen molar-refractivity contribution < 1.29 is 9.53 Å². The lowest BCUT2D eigenvalue weighted by molar-refractivity contribution is -0.122. The van der Waals surface area contributed by atoms with E-state index in [9.17, 15) is 4.79 Å². The molecule has 0 saturated carbocycles. The molecule has 1 aliphatic rings. The summed E-state index contributed by atoms with van der Waals surface area (Å²) in [5.41, 5.74) is 2.43. The van der Waals surface area contributed by atoms with Crippen LogP contribution in [0.3, 0.4) is 0 Å². The highest BCUT2D eigenvalue weighted by Crippen LogP contribution is 2.18. The van der Waals surface area contributed by atoms with E-state index in [0.29, 0.717) is 17.4 Å². The third-order valence-corrected chi connectivity index (χ3v) is 3.90. The molecular formula is C18H16N2O2S. The predicted molar refractivity (Wildman–Crippen MR) is 93.7 cm³/mol. The highest BCUT2D eigenvalue weighted by Gasteiger charge is 2.30. The number of hydrogen-bond donors (Lipinski definition) is 1. The first-order chi connectivity index (χ1) is 11.2. The number of carbonyl (C=O) groups excluding carboxylic acids is 1. The smallest absolute Gasteiger partial charge is 0.276 e. The molecule has 2 aromatic carbocycles. The zero-order chi connectivity index (χ0) is 16.2. The Hall–Kier alpha value is -2.66. The van der Waals surface area contributed by atoms with Gasteiger partial charge in [0.05, 0.1) is 13.7 Å². The van der Waals surface area contributed by atoms with Crippen molar-refractivity contribution in [2.75, 3.05) is 7.11 Å². The zero-order valence-electron chi connectivity index (χ0n) is 12.7. The van der Waals surface area contributed by atoms with Crippen LogP contribution in [0.15, 0.2) is 60.3 Å². The fourth-order valence-corrected chi connectivity index (χ4v) is 2.61. The monoisotopic (exact) mass is 324 g/mol. The molecule has 1 fully saturated rings. The molecule has 1 amide bonds. The van der Waals surface area contributed by atoms with Gasteiger partial charge in [0.15, 0.2) is 5.11 Å². The van der Waals surface area contributed by atoms with Gasteiger partial charge in [-0.25, -0.2) is 0 Å². The topological polar surface area (TPSA) is 41.6 Å². The molecule has 116 valence electrons. The van der Waals surface area contributed by atoms with Crippen molar-refractivity contribution >= 4 is 29.3 Å². The van der Waals surface area contributed by atoms with Crippen molar-refractivity contribution in [3.63, 3.8) is 0 Å². The first kappa shape index (κ1) is 15.2. The van der Waals surface area contributed by atoms with Crippen LogP contribution in [-0.2, 0) is 11.3 Å². The maximum atomic E-state index is 12.5. The Morgan fingerprint density at radius 2 is 1.83 bits per heavy atom. The van der Waals surface area contributed by atoms with E-state index in [1.54, 1.807) is 18.1 Å². The van der Waals surface area contributed by atoms with Gasteiger partial charge in [0.2, 0.25) is 0 Å². The molecule has 2 aromatic rings. The highest BCUT2D eigenvalue weighted by molar-refractivity contribution is 7.80. The maximum Gasteiger partial charge on any atom is 0.276 e. The summed E-state index contributed by atoms with van der Waals surface area (Å²) in [5.74, 6) is 0.661. The first-order valence-electron chi connectivity index (χ1n) is 7.20. The lowest BCUT2D eigenvalue weighted by atomic mass is 10.2. The number of hydrogen-bond acceptors (Lipinski definition) is 3. The van der Waals surface area contributed by atoms with Crippen LogP contribution in [0, 0.1) is 0 Å². The second-order valence-corrected chi connectivity index (χ2v) is 5.52. The van der Waals surface area contributed by atoms with Gasteiger partial charge >= 0.3 is 0 Å². The first-order valence-corrected chi connectivity index (χ1v) is 7.61. The normalized spacial score (nSPS) is 15.9. The van der Waals surface area contributed by atoms with Crippen molar-refractivity contribution in [3.8, 4) is 5.75 Å². The number of nitrogens with one attached hydrogen (secondary N) is 1. The summed E-state index contributed by atoms with van der Waals surface area (Å²) in [7, 11) is 1.62. The van der Waals surface area contributed by atoms with Gasteiger partial charge in [0.25, 0.3) is 5.91 Å². The van der Waals surface area contributed by atoms with Gasteiger partial charge in [-0.1, -0.05) is 42.5 Å². The van der Waals surface area contributed by atoms with Crippen LogP contribution in [0.25, 0.3) is 6.08 Å². The van der Waals surface area contributed by atoms with Crippen LogP contribution in [0.4, 0.5) is 0 Å². The van der Waals surface area contributed by atoms with E-state index >= 15 is 0 Å². The van der Waals surface area contributed by atoms with Crippen molar-refractivity contribution in [1.29, 1.82) is 0 Å². The second-order valence-electron chi connectivity index (χ2n) is 5.14. The van der Waals surface area contributed by atoms with Gasteiger partial charge < -0.3 is 10.1 Å². The minimum absolute atomic E-state index is 0.116. The molecule has 0 aliphatic carbocycles. The number of rotatable bonds is 4. The van der Waals surface area contributed by atoms with Crippen LogP contribution in [-0.4, -0.2) is 23.0 Å². The quantitative estimate of drug-likeness (QED) is 0.693. The van der Waals surface area contributed by atoms with Gasteiger partial charge in [0, 0.05) is 0 Å². The van der Waals surface area contributed by atoms with E-state index in [4.69, 9.17) is 17.0 Å². The molecule has 0 bridgehead atoms. The Balaban J connectivity index is 1.78. The zero-order valence-corrected chi connectivity index (χ0v) is 13.5. The summed E-state index contributed by atoms with van der Waals surface area (Å²) in [5, 5.41) is 3.42. The number of methoxy groups -OCH3 is 1. The predicted octanol–water partition coefficient (Wildman–Crippen LogP) is 2.95. The van der Waals surface area contributed by atoms with E-state index in [1.807, 2.05) is 54.6 Å². The van der Waals surface area contributed by atoms with Crippen molar-refractivity contribution in [2.45, 2.75) is 6.54 Å². The summed E-state index contributed by atoms with van der Waals surface area (Å²) in [6.45, 7) is 0.464. The maximum absolute atomic E-state index is 12.5. The summed E-state index contributed by atoms with van der Waals surface area (Å²) in [6.07, 6.45) is 1.79.